The molecule has 0 aromatic rings. The molecule has 0 saturated carbocycles. The highest BCUT2D eigenvalue weighted by Gasteiger charge is 2.44. The predicted molar refractivity (Wildman–Crippen MR) is 45.0 cm³/mol. The largest absolute Gasteiger partial charge is 0.397 e. The summed E-state index contributed by atoms with van der Waals surface area (Å²) in [7, 11) is -4.84. The average molecular weight is 244 g/mol. The van der Waals surface area contributed by atoms with E-state index in [0.717, 1.165) is 0 Å². The Kier molecular flexibility index (Phi) is 3.66. The van der Waals surface area contributed by atoms with Crippen LogP contribution in [0.5, 0.6) is 0 Å². The Balaban J connectivity index is 2.79. The average Bonchev–Trinajstić information content (AvgIpc) is 2.07. The van der Waals surface area contributed by atoms with E-state index in [1.54, 1.807) is 0 Å². The van der Waals surface area contributed by atoms with Gasteiger partial charge in [0.25, 0.3) is 0 Å². The van der Waals surface area contributed by atoms with E-state index >= 15 is 0 Å². The van der Waals surface area contributed by atoms with Crippen LogP contribution in [0.15, 0.2) is 0 Å². The van der Waals surface area contributed by atoms with Gasteiger partial charge in [0.15, 0.2) is 12.4 Å². The minimum Gasteiger partial charge on any atom is -0.388 e. The lowest BCUT2D eigenvalue weighted by molar-refractivity contribution is -0.271. The fraction of sp³-hybridized carbons (Fsp3) is 1.00. The first-order valence-corrected chi connectivity index (χ1v) is 5.44. The maximum absolute atomic E-state index is 10.4. The van der Waals surface area contributed by atoms with Gasteiger partial charge in [-0.2, -0.15) is 8.42 Å². The third-order valence-corrected chi connectivity index (χ3v) is 2.50. The van der Waals surface area contributed by atoms with Crippen molar-refractivity contribution < 1.29 is 37.2 Å². The first-order valence-electron chi connectivity index (χ1n) is 4.07. The summed E-state index contributed by atoms with van der Waals surface area (Å²) in [6.45, 7) is 1.38. The maximum atomic E-state index is 10.4. The zero-order valence-electron chi connectivity index (χ0n) is 7.72. The van der Waals surface area contributed by atoms with Crippen LogP contribution in [-0.2, 0) is 19.3 Å². The normalized spacial score (nSPS) is 42.9. The Morgan fingerprint density at radius 2 is 1.73 bits per heavy atom. The van der Waals surface area contributed by atoms with Crippen LogP contribution in [0.3, 0.4) is 0 Å². The van der Waals surface area contributed by atoms with Crippen molar-refractivity contribution in [1.29, 1.82) is 0 Å². The molecule has 1 aliphatic heterocycles. The Morgan fingerprint density at radius 1 is 1.20 bits per heavy atom. The lowest BCUT2D eigenvalue weighted by atomic mass is 10.0. The SMILES string of the molecule is C[C@@H]1OC(O)[C@@H](OS(=O)(=O)O)[C@H](O)[C@@H]1O. The molecule has 5 atom stereocenters. The molecule has 1 fully saturated rings. The van der Waals surface area contributed by atoms with E-state index in [4.69, 9.17) is 4.55 Å². The molecule has 0 bridgehead atoms. The lowest BCUT2D eigenvalue weighted by Gasteiger charge is -2.37. The molecule has 0 spiro atoms. The summed E-state index contributed by atoms with van der Waals surface area (Å²) >= 11 is 0. The van der Waals surface area contributed by atoms with E-state index < -0.39 is 41.1 Å². The van der Waals surface area contributed by atoms with Crippen LogP contribution in [0.4, 0.5) is 0 Å². The number of ether oxygens (including phenoxy) is 1. The van der Waals surface area contributed by atoms with Crippen LogP contribution in [0, 0.1) is 0 Å². The molecule has 1 heterocycles. The second-order valence-corrected chi connectivity index (χ2v) is 4.25. The van der Waals surface area contributed by atoms with Gasteiger partial charge in [-0.1, -0.05) is 0 Å². The van der Waals surface area contributed by atoms with Crippen LogP contribution < -0.4 is 0 Å². The molecular weight excluding hydrogens is 232 g/mol. The highest BCUT2D eigenvalue weighted by atomic mass is 32.3. The third kappa shape index (κ3) is 3.08. The number of aliphatic hydroxyl groups excluding tert-OH is 3. The summed E-state index contributed by atoms with van der Waals surface area (Å²) in [5.74, 6) is 0. The van der Waals surface area contributed by atoms with Gasteiger partial charge in [-0.25, -0.2) is 4.18 Å². The molecule has 9 heteroatoms. The Labute approximate surface area is 86.0 Å². The lowest BCUT2D eigenvalue weighted by Crippen LogP contribution is -2.57. The van der Waals surface area contributed by atoms with Crippen LogP contribution in [0.1, 0.15) is 6.92 Å². The molecule has 0 aliphatic carbocycles. The monoisotopic (exact) mass is 244 g/mol. The first-order chi connectivity index (χ1) is 6.72. The van der Waals surface area contributed by atoms with Crippen molar-refractivity contribution in [2.45, 2.75) is 37.6 Å². The van der Waals surface area contributed by atoms with Crippen molar-refractivity contribution in [2.24, 2.45) is 0 Å². The van der Waals surface area contributed by atoms with E-state index in [1.165, 1.54) is 6.92 Å². The molecule has 0 aromatic carbocycles. The minimum absolute atomic E-state index is 0.878. The van der Waals surface area contributed by atoms with E-state index in [1.807, 2.05) is 0 Å². The number of rotatable bonds is 2. The van der Waals surface area contributed by atoms with E-state index in [-0.39, 0.29) is 0 Å². The third-order valence-electron chi connectivity index (χ3n) is 2.04. The van der Waals surface area contributed by atoms with Crippen LogP contribution in [0.2, 0.25) is 0 Å². The molecule has 1 aliphatic rings. The second-order valence-electron chi connectivity index (χ2n) is 3.20. The smallest absolute Gasteiger partial charge is 0.388 e. The van der Waals surface area contributed by atoms with Crippen molar-refractivity contribution in [3.8, 4) is 0 Å². The molecule has 1 saturated heterocycles. The van der Waals surface area contributed by atoms with Crippen LogP contribution >= 0.6 is 0 Å². The molecule has 90 valence electrons. The topological polar surface area (TPSA) is 134 Å². The molecule has 15 heavy (non-hydrogen) atoms. The predicted octanol–water partition coefficient (Wildman–Crippen LogP) is -2.37. The van der Waals surface area contributed by atoms with Crippen molar-refractivity contribution >= 4 is 10.4 Å². The second kappa shape index (κ2) is 4.29. The van der Waals surface area contributed by atoms with Crippen molar-refractivity contribution in [3.63, 3.8) is 0 Å². The molecular formula is C6H12O8S. The van der Waals surface area contributed by atoms with Crippen molar-refractivity contribution in [3.05, 3.63) is 0 Å². The van der Waals surface area contributed by atoms with Crippen molar-refractivity contribution in [2.75, 3.05) is 0 Å². The molecule has 0 aromatic heterocycles. The summed E-state index contributed by atoms with van der Waals surface area (Å²) in [5.41, 5.74) is 0. The van der Waals surface area contributed by atoms with Crippen molar-refractivity contribution in [1.82, 2.24) is 0 Å². The molecule has 1 unspecified atom stereocenters. The fourth-order valence-electron chi connectivity index (χ4n) is 1.26. The number of aliphatic hydroxyl groups is 3. The summed E-state index contributed by atoms with van der Waals surface area (Å²) in [4.78, 5) is 0. The zero-order valence-corrected chi connectivity index (χ0v) is 8.53. The Morgan fingerprint density at radius 3 is 2.20 bits per heavy atom. The van der Waals surface area contributed by atoms with Gasteiger partial charge >= 0.3 is 10.4 Å². The molecule has 1 rings (SSSR count). The Bertz CT molecular complexity index is 313. The zero-order chi connectivity index (χ0) is 11.8. The van der Waals surface area contributed by atoms with Gasteiger partial charge in [0.05, 0.1) is 6.10 Å². The van der Waals surface area contributed by atoms with Gasteiger partial charge in [0.1, 0.15) is 12.2 Å². The number of hydrogen-bond donors (Lipinski definition) is 4. The summed E-state index contributed by atoms with van der Waals surface area (Å²) in [6, 6.07) is 0. The van der Waals surface area contributed by atoms with E-state index in [9.17, 15) is 23.7 Å². The van der Waals surface area contributed by atoms with E-state index in [0.29, 0.717) is 0 Å². The van der Waals surface area contributed by atoms with Gasteiger partial charge in [-0.05, 0) is 6.92 Å². The van der Waals surface area contributed by atoms with Gasteiger partial charge < -0.3 is 20.1 Å². The molecule has 8 nitrogen and oxygen atoms in total. The highest BCUT2D eigenvalue weighted by molar-refractivity contribution is 7.80. The molecule has 4 N–H and O–H groups in total. The highest BCUT2D eigenvalue weighted by Crippen LogP contribution is 2.22. The van der Waals surface area contributed by atoms with Crippen LogP contribution in [-0.4, -0.2) is 59.0 Å². The van der Waals surface area contributed by atoms with Gasteiger partial charge in [-0.3, -0.25) is 4.55 Å². The van der Waals surface area contributed by atoms with Gasteiger partial charge in [0.2, 0.25) is 0 Å². The first kappa shape index (κ1) is 12.8. The molecule has 0 radical (unpaired) electrons. The Hall–Kier alpha value is -0.290. The summed E-state index contributed by atoms with van der Waals surface area (Å²) < 4.78 is 37.7. The standard InChI is InChI=1S/C6H12O8S/c1-2-3(7)4(8)5(6(9)13-2)14-15(10,11)12/h2-9H,1H3,(H,10,11,12)/t2-,3+,4+,5-,6?/m0/s1. The summed E-state index contributed by atoms with van der Waals surface area (Å²) in [5, 5.41) is 27.8. The van der Waals surface area contributed by atoms with Crippen LogP contribution in [0.25, 0.3) is 0 Å². The maximum Gasteiger partial charge on any atom is 0.397 e. The van der Waals surface area contributed by atoms with Gasteiger partial charge in [0, 0.05) is 0 Å². The minimum atomic E-state index is -4.84. The number of hydrogen-bond acceptors (Lipinski definition) is 7. The molecule has 0 amide bonds. The van der Waals surface area contributed by atoms with E-state index in [2.05, 4.69) is 8.92 Å². The fourth-order valence-corrected chi connectivity index (χ4v) is 1.75. The quantitative estimate of drug-likeness (QED) is 0.396. The summed E-state index contributed by atoms with van der Waals surface area (Å²) in [6.07, 6.45) is -7.48. The van der Waals surface area contributed by atoms with Gasteiger partial charge in [-0.15, -0.1) is 0 Å².